The molecule has 1 unspecified atom stereocenters. The summed E-state index contributed by atoms with van der Waals surface area (Å²) >= 11 is 1.79. The Morgan fingerprint density at radius 3 is 2.89 bits per heavy atom. The topological polar surface area (TPSA) is 29.9 Å². The van der Waals surface area contributed by atoms with Gasteiger partial charge in [-0.1, -0.05) is 13.0 Å². The minimum Gasteiger partial charge on any atom is -0.304 e. The van der Waals surface area contributed by atoms with Crippen molar-refractivity contribution in [2.75, 3.05) is 0 Å². The monoisotopic (exact) mass is 263 g/mol. The molecule has 98 valence electrons. The van der Waals surface area contributed by atoms with Crippen molar-refractivity contribution in [3.8, 4) is 0 Å². The van der Waals surface area contributed by atoms with Crippen molar-refractivity contribution < 1.29 is 0 Å². The average Bonchev–Trinajstić information content (AvgIpc) is 3.05. The van der Waals surface area contributed by atoms with E-state index < -0.39 is 0 Å². The van der Waals surface area contributed by atoms with Crippen LogP contribution < -0.4 is 5.32 Å². The fourth-order valence-electron chi connectivity index (χ4n) is 1.80. The second kappa shape index (κ2) is 6.16. The van der Waals surface area contributed by atoms with Crippen LogP contribution in [-0.4, -0.2) is 9.78 Å². The van der Waals surface area contributed by atoms with Gasteiger partial charge >= 0.3 is 0 Å². The van der Waals surface area contributed by atoms with Gasteiger partial charge in [0.2, 0.25) is 0 Å². The summed E-state index contributed by atoms with van der Waals surface area (Å²) in [5, 5.41) is 10.2. The van der Waals surface area contributed by atoms with E-state index >= 15 is 0 Å². The molecule has 18 heavy (non-hydrogen) atoms. The van der Waals surface area contributed by atoms with Crippen LogP contribution >= 0.6 is 11.3 Å². The summed E-state index contributed by atoms with van der Waals surface area (Å²) < 4.78 is 2.05. The first-order chi connectivity index (χ1) is 8.70. The normalized spacial score (nSPS) is 14.6. The Labute approximate surface area is 113 Å². The van der Waals surface area contributed by atoms with Gasteiger partial charge in [-0.25, -0.2) is 0 Å². The van der Waals surface area contributed by atoms with Gasteiger partial charge in [-0.05, 0) is 37.8 Å². The summed E-state index contributed by atoms with van der Waals surface area (Å²) in [5.74, 6) is 0. The van der Waals surface area contributed by atoms with Crippen LogP contribution in [0.5, 0.6) is 0 Å². The van der Waals surface area contributed by atoms with Gasteiger partial charge < -0.3 is 5.32 Å². The van der Waals surface area contributed by atoms with Crippen molar-refractivity contribution in [2.24, 2.45) is 0 Å². The molecule has 0 bridgehead atoms. The van der Waals surface area contributed by atoms with E-state index in [1.807, 2.05) is 4.68 Å². The number of nitrogens with one attached hydrogen (secondary N) is 1. The van der Waals surface area contributed by atoms with Crippen molar-refractivity contribution in [1.82, 2.24) is 15.1 Å². The Kier molecular flexibility index (Phi) is 4.55. The first-order valence-electron chi connectivity index (χ1n) is 6.51. The van der Waals surface area contributed by atoms with Gasteiger partial charge in [0.05, 0.1) is 5.69 Å². The van der Waals surface area contributed by atoms with E-state index in [-0.39, 0.29) is 0 Å². The van der Waals surface area contributed by atoms with E-state index in [0.717, 1.165) is 18.7 Å². The van der Waals surface area contributed by atoms with Gasteiger partial charge in [0.15, 0.2) is 0 Å². The molecule has 0 saturated heterocycles. The van der Waals surface area contributed by atoms with Crippen molar-refractivity contribution in [3.05, 3.63) is 40.3 Å². The van der Waals surface area contributed by atoms with E-state index in [9.17, 15) is 0 Å². The van der Waals surface area contributed by atoms with Crippen molar-refractivity contribution in [2.45, 2.75) is 45.8 Å². The lowest BCUT2D eigenvalue weighted by Crippen LogP contribution is -2.17. The number of hydrogen-bond acceptors (Lipinski definition) is 3. The van der Waals surface area contributed by atoms with Gasteiger partial charge in [-0.15, -0.1) is 11.3 Å². The summed E-state index contributed by atoms with van der Waals surface area (Å²) in [6, 6.07) is 7.23. The molecule has 0 aliphatic rings. The van der Waals surface area contributed by atoms with Gasteiger partial charge in [0.25, 0.3) is 0 Å². The van der Waals surface area contributed by atoms with Crippen LogP contribution in [0.25, 0.3) is 0 Å². The highest BCUT2D eigenvalue weighted by Gasteiger charge is 2.08. The molecule has 2 heterocycles. The first-order valence-corrected chi connectivity index (χ1v) is 7.39. The van der Waals surface area contributed by atoms with Gasteiger partial charge in [0, 0.05) is 29.7 Å². The Bertz CT molecular complexity index is 461. The zero-order valence-electron chi connectivity index (χ0n) is 11.3. The van der Waals surface area contributed by atoms with Crippen LogP contribution in [-0.2, 0) is 6.54 Å². The molecule has 0 fully saturated rings. The van der Waals surface area contributed by atoms with Crippen molar-refractivity contribution in [3.63, 3.8) is 0 Å². The second-order valence-electron chi connectivity index (χ2n) is 4.66. The maximum absolute atomic E-state index is 4.59. The maximum atomic E-state index is 4.59. The van der Waals surface area contributed by atoms with Crippen LogP contribution in [0.4, 0.5) is 0 Å². The van der Waals surface area contributed by atoms with Crippen LogP contribution in [0.2, 0.25) is 0 Å². The lowest BCUT2D eigenvalue weighted by molar-refractivity contribution is 0.468. The molecular formula is C14H21N3S. The molecular weight excluding hydrogens is 242 g/mol. The molecule has 2 aromatic heterocycles. The van der Waals surface area contributed by atoms with E-state index in [2.05, 4.69) is 61.0 Å². The Morgan fingerprint density at radius 1 is 1.39 bits per heavy atom. The SMILES string of the molecule is CCC(C)n1ccc(CN[C@@H](C)c2cccs2)n1. The number of hydrogen-bond donors (Lipinski definition) is 1. The maximum Gasteiger partial charge on any atom is 0.0762 e. The molecule has 0 radical (unpaired) electrons. The van der Waals surface area contributed by atoms with E-state index in [1.54, 1.807) is 11.3 Å². The number of rotatable bonds is 6. The molecule has 3 nitrogen and oxygen atoms in total. The van der Waals surface area contributed by atoms with Gasteiger partial charge in [0.1, 0.15) is 0 Å². The van der Waals surface area contributed by atoms with Crippen LogP contribution in [0.1, 0.15) is 49.8 Å². The zero-order valence-corrected chi connectivity index (χ0v) is 12.1. The highest BCUT2D eigenvalue weighted by molar-refractivity contribution is 7.10. The molecule has 0 aliphatic carbocycles. The minimum absolute atomic E-state index is 0.388. The first kappa shape index (κ1) is 13.3. The quantitative estimate of drug-likeness (QED) is 0.860. The molecule has 0 aliphatic heterocycles. The van der Waals surface area contributed by atoms with Crippen LogP contribution in [0, 0.1) is 0 Å². The Morgan fingerprint density at radius 2 is 2.22 bits per heavy atom. The van der Waals surface area contributed by atoms with E-state index in [4.69, 9.17) is 0 Å². The number of aromatic nitrogens is 2. The predicted molar refractivity (Wildman–Crippen MR) is 76.8 cm³/mol. The third-order valence-electron chi connectivity index (χ3n) is 3.27. The largest absolute Gasteiger partial charge is 0.304 e. The van der Waals surface area contributed by atoms with Gasteiger partial charge in [-0.2, -0.15) is 5.10 Å². The summed E-state index contributed by atoms with van der Waals surface area (Å²) in [7, 11) is 0. The molecule has 2 aromatic rings. The van der Waals surface area contributed by atoms with Crippen molar-refractivity contribution in [1.29, 1.82) is 0 Å². The third-order valence-corrected chi connectivity index (χ3v) is 4.32. The lowest BCUT2D eigenvalue weighted by Gasteiger charge is -2.11. The molecule has 0 saturated carbocycles. The molecule has 0 spiro atoms. The highest BCUT2D eigenvalue weighted by Crippen LogP contribution is 2.18. The van der Waals surface area contributed by atoms with Crippen molar-refractivity contribution >= 4 is 11.3 Å². The number of thiophene rings is 1. The van der Waals surface area contributed by atoms with Gasteiger partial charge in [-0.3, -0.25) is 4.68 Å². The second-order valence-corrected chi connectivity index (χ2v) is 5.64. The summed E-state index contributed by atoms with van der Waals surface area (Å²) in [4.78, 5) is 1.37. The number of nitrogens with zero attached hydrogens (tertiary/aromatic N) is 2. The fourth-order valence-corrected chi connectivity index (χ4v) is 2.56. The third kappa shape index (κ3) is 3.21. The molecule has 0 amide bonds. The molecule has 4 heteroatoms. The molecule has 2 rings (SSSR count). The Hall–Kier alpha value is -1.13. The lowest BCUT2D eigenvalue weighted by atomic mass is 10.2. The van der Waals surface area contributed by atoms with Crippen LogP contribution in [0.15, 0.2) is 29.8 Å². The zero-order chi connectivity index (χ0) is 13.0. The van der Waals surface area contributed by atoms with E-state index in [0.29, 0.717) is 12.1 Å². The van der Waals surface area contributed by atoms with Crippen LogP contribution in [0.3, 0.4) is 0 Å². The average molecular weight is 263 g/mol. The molecule has 0 aromatic carbocycles. The summed E-state index contributed by atoms with van der Waals surface area (Å²) in [5.41, 5.74) is 1.11. The van der Waals surface area contributed by atoms with E-state index in [1.165, 1.54) is 4.88 Å². The predicted octanol–water partition coefficient (Wildman–Crippen LogP) is 3.77. The molecule has 1 N–H and O–H groups in total. The fraction of sp³-hybridized carbons (Fsp3) is 0.500. The highest BCUT2D eigenvalue weighted by atomic mass is 32.1. The molecule has 2 atom stereocenters. The standard InChI is InChI=1S/C14H21N3S/c1-4-11(2)17-8-7-13(16-17)10-15-12(3)14-6-5-9-18-14/h5-9,11-12,15H,4,10H2,1-3H3/t11?,12-/m0/s1. The summed E-state index contributed by atoms with van der Waals surface area (Å²) in [6.07, 6.45) is 3.18. The summed E-state index contributed by atoms with van der Waals surface area (Å²) in [6.45, 7) is 7.39. The minimum atomic E-state index is 0.388. The smallest absolute Gasteiger partial charge is 0.0762 e. The Balaban J connectivity index is 1.88.